The minimum absolute atomic E-state index is 0.230. The highest BCUT2D eigenvalue weighted by Gasteiger charge is 2.70. The van der Waals surface area contributed by atoms with Gasteiger partial charge in [-0.15, -0.1) is 11.8 Å². The molecular weight excluding hydrogens is 721 g/mol. The number of rotatable bonds is 6. The van der Waals surface area contributed by atoms with E-state index in [0.29, 0.717) is 26.8 Å². The van der Waals surface area contributed by atoms with E-state index in [4.69, 9.17) is 4.74 Å². The molecule has 4 aromatic rings. The van der Waals surface area contributed by atoms with Gasteiger partial charge in [0.2, 0.25) is 11.8 Å². The molecule has 16 heteroatoms. The Bertz CT molecular complexity index is 2150. The summed E-state index contributed by atoms with van der Waals surface area (Å²) in [7, 11) is 0. The molecule has 8 nitrogen and oxygen atoms in total. The predicted octanol–water partition coefficient (Wildman–Crippen LogP) is 7.17. The van der Waals surface area contributed by atoms with Gasteiger partial charge < -0.3 is 15.0 Å². The van der Waals surface area contributed by atoms with Gasteiger partial charge in [0.05, 0.1) is 39.4 Å². The summed E-state index contributed by atoms with van der Waals surface area (Å²) in [4.78, 5) is 57.4. The van der Waals surface area contributed by atoms with Gasteiger partial charge in [-0.05, 0) is 54.5 Å². The highest BCUT2D eigenvalue weighted by atomic mass is 32.2. The number of H-pyrrole nitrogens is 1. The third kappa shape index (κ3) is 5.45. The van der Waals surface area contributed by atoms with Crippen LogP contribution >= 0.6 is 23.1 Å². The molecule has 2 bridgehead atoms. The summed E-state index contributed by atoms with van der Waals surface area (Å²) in [5.74, 6) is -5.39. The summed E-state index contributed by atoms with van der Waals surface area (Å²) in [5.41, 5.74) is -2.47. The molecule has 3 amide bonds. The van der Waals surface area contributed by atoms with E-state index in [-0.39, 0.29) is 27.7 Å². The number of hydrogen-bond donors (Lipinski definition) is 2. The van der Waals surface area contributed by atoms with Crippen LogP contribution in [0.4, 0.5) is 37.7 Å². The van der Waals surface area contributed by atoms with Crippen LogP contribution in [0.25, 0.3) is 0 Å². The van der Waals surface area contributed by atoms with Crippen LogP contribution in [0.2, 0.25) is 0 Å². The summed E-state index contributed by atoms with van der Waals surface area (Å²) in [6.45, 7) is -0.647. The SMILES string of the molecule is O=C(COc1ccccc1[C@H]1c2sc(=O)[nH]c2SC2C1[C@H]1C[C@@H]2C2C(=O)N(c3ccccc3C(F)(F)F)C(=O)C21)Nc1ccccc1C(F)(F)F. The van der Waals surface area contributed by atoms with E-state index in [0.717, 1.165) is 35.6 Å². The number of para-hydroxylation sites is 3. The highest BCUT2D eigenvalue weighted by Crippen LogP contribution is 2.69. The molecule has 2 N–H and O–H groups in total. The topological polar surface area (TPSA) is 109 Å². The van der Waals surface area contributed by atoms with Crippen molar-refractivity contribution in [2.45, 2.75) is 35.0 Å². The molecule has 264 valence electrons. The van der Waals surface area contributed by atoms with Crippen LogP contribution in [0.3, 0.4) is 0 Å². The molecule has 2 aliphatic heterocycles. The summed E-state index contributed by atoms with van der Waals surface area (Å²) in [6.07, 6.45) is -9.03. The van der Waals surface area contributed by atoms with E-state index in [2.05, 4.69) is 10.3 Å². The maximum absolute atomic E-state index is 14.1. The number of benzene rings is 3. The molecule has 7 atom stereocenters. The predicted molar refractivity (Wildman–Crippen MR) is 174 cm³/mol. The van der Waals surface area contributed by atoms with Crippen LogP contribution in [0.1, 0.15) is 33.9 Å². The molecule has 1 saturated heterocycles. The number of nitrogens with one attached hydrogen (secondary N) is 2. The van der Waals surface area contributed by atoms with Crippen LogP contribution in [-0.4, -0.2) is 34.6 Å². The first kappa shape index (κ1) is 33.6. The van der Waals surface area contributed by atoms with Gasteiger partial charge >= 0.3 is 17.2 Å². The number of thioether (sulfide) groups is 1. The van der Waals surface area contributed by atoms with Crippen molar-refractivity contribution in [2.75, 3.05) is 16.8 Å². The van der Waals surface area contributed by atoms with Crippen LogP contribution in [0, 0.1) is 29.6 Å². The Morgan fingerprint density at radius 2 is 1.47 bits per heavy atom. The van der Waals surface area contributed by atoms with Crippen molar-refractivity contribution in [2.24, 2.45) is 29.6 Å². The first-order valence-electron chi connectivity index (χ1n) is 15.9. The van der Waals surface area contributed by atoms with Crippen molar-refractivity contribution in [3.63, 3.8) is 0 Å². The Morgan fingerprint density at radius 3 is 2.20 bits per heavy atom. The van der Waals surface area contributed by atoms with Gasteiger partial charge in [-0.1, -0.05) is 53.8 Å². The molecule has 3 aromatic carbocycles. The van der Waals surface area contributed by atoms with Crippen LogP contribution in [0.15, 0.2) is 82.6 Å². The monoisotopic (exact) mass is 745 g/mol. The van der Waals surface area contributed by atoms with E-state index in [1.165, 1.54) is 36.0 Å². The summed E-state index contributed by atoms with van der Waals surface area (Å²) >= 11 is 2.37. The number of thiazole rings is 1. The number of amides is 3. The zero-order valence-corrected chi connectivity index (χ0v) is 27.6. The number of ether oxygens (including phenoxy) is 1. The minimum Gasteiger partial charge on any atom is -0.483 e. The molecule has 0 spiro atoms. The number of anilines is 2. The molecule has 1 aromatic heterocycles. The highest BCUT2D eigenvalue weighted by molar-refractivity contribution is 8.00. The Balaban J connectivity index is 1.12. The summed E-state index contributed by atoms with van der Waals surface area (Å²) in [5, 5.41) is 2.54. The van der Waals surface area contributed by atoms with E-state index >= 15 is 0 Å². The third-order valence-corrected chi connectivity index (χ3v) is 12.9. The number of imide groups is 1. The first-order chi connectivity index (χ1) is 24.2. The molecular formula is C35H25F6N3O5S2. The molecule has 0 radical (unpaired) electrons. The smallest absolute Gasteiger partial charge is 0.418 e. The fraction of sp³-hybridized carbons (Fsp3) is 0.314. The number of alkyl halides is 6. The Hall–Kier alpha value is -4.57. The lowest BCUT2D eigenvalue weighted by molar-refractivity contribution is -0.138. The van der Waals surface area contributed by atoms with Crippen LogP contribution < -0.4 is 19.8 Å². The average Bonchev–Trinajstić information content (AvgIpc) is 3.82. The fourth-order valence-electron chi connectivity index (χ4n) is 8.55. The Kier molecular flexibility index (Phi) is 7.90. The van der Waals surface area contributed by atoms with Gasteiger partial charge in [0, 0.05) is 21.6 Å². The van der Waals surface area contributed by atoms with Crippen molar-refractivity contribution < 1.29 is 45.5 Å². The number of carbonyl (C=O) groups is 3. The van der Waals surface area contributed by atoms with Crippen molar-refractivity contribution in [3.05, 3.63) is 104 Å². The number of hydrogen-bond acceptors (Lipinski definition) is 7. The maximum Gasteiger partial charge on any atom is 0.418 e. The van der Waals surface area contributed by atoms with Gasteiger partial charge in [-0.3, -0.25) is 19.2 Å². The van der Waals surface area contributed by atoms with Crippen molar-refractivity contribution >= 4 is 52.2 Å². The van der Waals surface area contributed by atoms with E-state index < -0.39 is 82.9 Å². The number of fused-ring (bicyclic) bond motifs is 9. The van der Waals surface area contributed by atoms with E-state index in [1.54, 1.807) is 24.3 Å². The second kappa shape index (κ2) is 12.0. The van der Waals surface area contributed by atoms with Gasteiger partial charge in [0.25, 0.3) is 5.91 Å². The normalized spacial score (nSPS) is 26.5. The number of aromatic amines is 1. The minimum atomic E-state index is -4.80. The Labute approximate surface area is 293 Å². The molecule has 4 unspecified atom stereocenters. The van der Waals surface area contributed by atoms with Gasteiger partial charge in [-0.25, -0.2) is 4.90 Å². The molecule has 8 rings (SSSR count). The largest absolute Gasteiger partial charge is 0.483 e. The van der Waals surface area contributed by atoms with E-state index in [1.807, 2.05) is 0 Å². The van der Waals surface area contributed by atoms with Gasteiger partial charge in [0.1, 0.15) is 5.75 Å². The molecule has 3 fully saturated rings. The lowest BCUT2D eigenvalue weighted by Gasteiger charge is -2.43. The zero-order valence-electron chi connectivity index (χ0n) is 26.0. The molecule has 3 heterocycles. The van der Waals surface area contributed by atoms with Gasteiger partial charge in [-0.2, -0.15) is 26.3 Å². The molecule has 4 aliphatic rings. The van der Waals surface area contributed by atoms with E-state index in [9.17, 15) is 45.5 Å². The van der Waals surface area contributed by atoms with Gasteiger partial charge in [0.15, 0.2) is 6.61 Å². The number of halogens is 6. The molecule has 51 heavy (non-hydrogen) atoms. The lowest BCUT2D eigenvalue weighted by atomic mass is 9.68. The van der Waals surface area contributed by atoms with Crippen molar-refractivity contribution in [1.82, 2.24) is 4.98 Å². The Morgan fingerprint density at radius 1 is 0.843 bits per heavy atom. The van der Waals surface area contributed by atoms with Crippen molar-refractivity contribution in [1.29, 1.82) is 0 Å². The number of carbonyl (C=O) groups excluding carboxylic acids is 3. The average molecular weight is 746 g/mol. The summed E-state index contributed by atoms with van der Waals surface area (Å²) in [6, 6.07) is 15.8. The second-order valence-electron chi connectivity index (χ2n) is 12.9. The molecule has 2 saturated carbocycles. The number of aromatic nitrogens is 1. The molecule has 2 aliphatic carbocycles. The zero-order chi connectivity index (χ0) is 36.0. The summed E-state index contributed by atoms with van der Waals surface area (Å²) < 4.78 is 88.5. The standard InChI is InChI=1S/C35H25F6N3O5S2/c36-34(37,38)18-8-2-4-10-20(18)42-23(45)14-49-22-12-6-1-7-15(22)24-25-16-13-17(28(25)50-30-29(24)51-33(48)43-30)27-26(16)31(46)44(32(27)47)21-11-5-3-9-19(21)35(39,40)41/h1-12,16-17,24-28H,13-14H2,(H,42,45)(H,43,48)/t16-,17-,24-,25?,26?,27?,28?/m1/s1. The third-order valence-electron chi connectivity index (χ3n) is 10.3. The van der Waals surface area contributed by atoms with Crippen LogP contribution in [-0.2, 0) is 26.7 Å². The number of nitrogens with zero attached hydrogens (tertiary/aromatic N) is 1. The fourth-order valence-corrected chi connectivity index (χ4v) is 11.4. The first-order valence-corrected chi connectivity index (χ1v) is 17.5. The van der Waals surface area contributed by atoms with Crippen LogP contribution in [0.5, 0.6) is 5.75 Å². The lowest BCUT2D eigenvalue weighted by Crippen LogP contribution is -2.42. The van der Waals surface area contributed by atoms with Crippen molar-refractivity contribution in [3.8, 4) is 5.75 Å². The second-order valence-corrected chi connectivity index (χ2v) is 15.1. The quantitative estimate of drug-likeness (QED) is 0.160. The maximum atomic E-state index is 14.1.